The highest BCUT2D eigenvalue weighted by molar-refractivity contribution is 5.80. The first-order valence-corrected chi connectivity index (χ1v) is 6.15. The summed E-state index contributed by atoms with van der Waals surface area (Å²) in [6.07, 6.45) is 0.224. The average molecular weight is 266 g/mol. The van der Waals surface area contributed by atoms with Gasteiger partial charge in [0.05, 0.1) is 4.92 Å². The van der Waals surface area contributed by atoms with Crippen molar-refractivity contribution in [3.8, 4) is 5.75 Å². The molecule has 0 aliphatic rings. The van der Waals surface area contributed by atoms with Crippen molar-refractivity contribution < 1.29 is 14.5 Å². The number of nitro benzene ring substituents is 1. The summed E-state index contributed by atoms with van der Waals surface area (Å²) in [6.45, 7) is 5.84. The van der Waals surface area contributed by atoms with Gasteiger partial charge >= 0.3 is 0 Å². The Bertz CT molecular complexity index is 474. The molecule has 0 saturated heterocycles. The minimum absolute atomic E-state index is 0.0374. The Labute approximate surface area is 111 Å². The van der Waals surface area contributed by atoms with Crippen molar-refractivity contribution >= 4 is 11.6 Å². The first-order valence-electron chi connectivity index (χ1n) is 6.15. The fourth-order valence-corrected chi connectivity index (χ4v) is 1.56. The standard InChI is InChI=1S/C13H18N2O4/c1-4-7-14-13(16)10(3)19-11-5-6-12(15(17)18)9(2)8-11/h5-6,8,10H,4,7H2,1-3H3,(H,14,16)/t10-/m1/s1. The normalized spacial score (nSPS) is 11.7. The van der Waals surface area contributed by atoms with Crippen LogP contribution >= 0.6 is 0 Å². The summed E-state index contributed by atoms with van der Waals surface area (Å²) < 4.78 is 5.45. The molecule has 0 aromatic heterocycles. The number of amides is 1. The fraction of sp³-hybridized carbons (Fsp3) is 0.462. The van der Waals surface area contributed by atoms with Crippen molar-refractivity contribution in [1.29, 1.82) is 0 Å². The molecule has 0 aliphatic heterocycles. The smallest absolute Gasteiger partial charge is 0.272 e. The van der Waals surface area contributed by atoms with E-state index in [1.54, 1.807) is 19.9 Å². The van der Waals surface area contributed by atoms with E-state index in [0.717, 1.165) is 6.42 Å². The Morgan fingerprint density at radius 2 is 2.21 bits per heavy atom. The number of nitrogens with zero attached hydrogens (tertiary/aromatic N) is 1. The molecular weight excluding hydrogens is 248 g/mol. The van der Waals surface area contributed by atoms with Crippen molar-refractivity contribution in [2.24, 2.45) is 0 Å². The Balaban J connectivity index is 2.69. The van der Waals surface area contributed by atoms with Crippen LogP contribution in [0, 0.1) is 17.0 Å². The molecule has 0 radical (unpaired) electrons. The number of ether oxygens (including phenoxy) is 1. The van der Waals surface area contributed by atoms with Gasteiger partial charge in [-0.25, -0.2) is 0 Å². The van der Waals surface area contributed by atoms with Gasteiger partial charge in [0, 0.05) is 18.2 Å². The molecule has 1 rings (SSSR count). The third kappa shape index (κ3) is 4.24. The van der Waals surface area contributed by atoms with Gasteiger partial charge in [-0.15, -0.1) is 0 Å². The summed E-state index contributed by atoms with van der Waals surface area (Å²) in [4.78, 5) is 21.9. The van der Waals surface area contributed by atoms with E-state index >= 15 is 0 Å². The summed E-state index contributed by atoms with van der Waals surface area (Å²) in [6, 6.07) is 4.43. The lowest BCUT2D eigenvalue weighted by Gasteiger charge is -2.14. The molecule has 6 nitrogen and oxygen atoms in total. The maximum atomic E-state index is 11.6. The van der Waals surface area contributed by atoms with Gasteiger partial charge in [-0.1, -0.05) is 6.92 Å². The number of benzene rings is 1. The predicted molar refractivity (Wildman–Crippen MR) is 71.2 cm³/mol. The SMILES string of the molecule is CCCNC(=O)[C@@H](C)Oc1ccc([N+](=O)[O-])c(C)c1. The van der Waals surface area contributed by atoms with Gasteiger partial charge in [0.1, 0.15) is 5.75 Å². The minimum Gasteiger partial charge on any atom is -0.481 e. The van der Waals surface area contributed by atoms with Crippen LogP contribution in [0.15, 0.2) is 18.2 Å². The maximum absolute atomic E-state index is 11.6. The van der Waals surface area contributed by atoms with Crippen LogP contribution in [0.4, 0.5) is 5.69 Å². The van der Waals surface area contributed by atoms with E-state index < -0.39 is 11.0 Å². The average Bonchev–Trinajstić information content (AvgIpc) is 2.35. The van der Waals surface area contributed by atoms with Crippen molar-refractivity contribution in [2.45, 2.75) is 33.3 Å². The third-order valence-electron chi connectivity index (χ3n) is 2.60. The zero-order valence-electron chi connectivity index (χ0n) is 11.3. The van der Waals surface area contributed by atoms with E-state index in [0.29, 0.717) is 17.9 Å². The van der Waals surface area contributed by atoms with E-state index in [9.17, 15) is 14.9 Å². The highest BCUT2D eigenvalue weighted by atomic mass is 16.6. The van der Waals surface area contributed by atoms with Gasteiger partial charge in [0.2, 0.25) is 0 Å². The third-order valence-corrected chi connectivity index (χ3v) is 2.60. The highest BCUT2D eigenvalue weighted by Crippen LogP contribution is 2.23. The molecule has 1 atom stereocenters. The molecule has 1 aromatic rings. The molecule has 1 amide bonds. The number of rotatable bonds is 6. The molecule has 0 saturated carbocycles. The van der Waals surface area contributed by atoms with Gasteiger partial charge in [-0.3, -0.25) is 14.9 Å². The molecule has 19 heavy (non-hydrogen) atoms. The number of hydrogen-bond acceptors (Lipinski definition) is 4. The first kappa shape index (κ1) is 14.9. The Morgan fingerprint density at radius 3 is 2.74 bits per heavy atom. The van der Waals surface area contributed by atoms with Crippen LogP contribution in [0.3, 0.4) is 0 Å². The van der Waals surface area contributed by atoms with Crippen molar-refractivity contribution in [1.82, 2.24) is 5.32 Å². The summed E-state index contributed by atoms with van der Waals surface area (Å²) in [5.41, 5.74) is 0.541. The van der Waals surface area contributed by atoms with Crippen molar-refractivity contribution in [3.63, 3.8) is 0 Å². The van der Waals surface area contributed by atoms with E-state index in [-0.39, 0.29) is 11.6 Å². The second kappa shape index (κ2) is 6.72. The molecule has 0 heterocycles. The quantitative estimate of drug-likeness (QED) is 0.632. The second-order valence-corrected chi connectivity index (χ2v) is 4.26. The van der Waals surface area contributed by atoms with Gasteiger partial charge in [-0.05, 0) is 32.4 Å². The number of nitrogens with one attached hydrogen (secondary N) is 1. The van der Waals surface area contributed by atoms with E-state index in [4.69, 9.17) is 4.74 Å². The molecule has 0 bridgehead atoms. The number of carbonyl (C=O) groups excluding carboxylic acids is 1. The van der Waals surface area contributed by atoms with Crippen LogP contribution in [0.2, 0.25) is 0 Å². The summed E-state index contributed by atoms with van der Waals surface area (Å²) in [7, 11) is 0. The number of aryl methyl sites for hydroxylation is 1. The Morgan fingerprint density at radius 1 is 1.53 bits per heavy atom. The minimum atomic E-state index is -0.632. The molecule has 0 aliphatic carbocycles. The lowest BCUT2D eigenvalue weighted by molar-refractivity contribution is -0.385. The molecule has 1 N–H and O–H groups in total. The fourth-order valence-electron chi connectivity index (χ4n) is 1.56. The van der Waals surface area contributed by atoms with Gasteiger partial charge < -0.3 is 10.1 Å². The van der Waals surface area contributed by atoms with Crippen LogP contribution in [0.5, 0.6) is 5.75 Å². The predicted octanol–water partition coefficient (Wildman–Crippen LogP) is 2.20. The van der Waals surface area contributed by atoms with E-state index in [2.05, 4.69) is 5.32 Å². The van der Waals surface area contributed by atoms with Crippen LogP contribution in [-0.2, 0) is 4.79 Å². The molecule has 0 fully saturated rings. The molecule has 0 spiro atoms. The topological polar surface area (TPSA) is 81.5 Å². The number of hydrogen-bond donors (Lipinski definition) is 1. The van der Waals surface area contributed by atoms with E-state index in [1.165, 1.54) is 12.1 Å². The Hall–Kier alpha value is -2.11. The number of carbonyl (C=O) groups is 1. The van der Waals surface area contributed by atoms with Crippen LogP contribution < -0.4 is 10.1 Å². The van der Waals surface area contributed by atoms with Gasteiger partial charge in [0.15, 0.2) is 6.10 Å². The second-order valence-electron chi connectivity index (χ2n) is 4.26. The zero-order chi connectivity index (χ0) is 14.4. The van der Waals surface area contributed by atoms with Crippen LogP contribution in [0.25, 0.3) is 0 Å². The maximum Gasteiger partial charge on any atom is 0.272 e. The monoisotopic (exact) mass is 266 g/mol. The van der Waals surface area contributed by atoms with Gasteiger partial charge in [-0.2, -0.15) is 0 Å². The first-order chi connectivity index (χ1) is 8.95. The number of nitro groups is 1. The molecule has 104 valence electrons. The Kier molecular flexibility index (Phi) is 5.29. The lowest BCUT2D eigenvalue weighted by Crippen LogP contribution is -2.36. The van der Waals surface area contributed by atoms with Crippen LogP contribution in [0.1, 0.15) is 25.8 Å². The van der Waals surface area contributed by atoms with Crippen LogP contribution in [-0.4, -0.2) is 23.5 Å². The van der Waals surface area contributed by atoms with Crippen molar-refractivity contribution in [3.05, 3.63) is 33.9 Å². The van der Waals surface area contributed by atoms with Crippen molar-refractivity contribution in [2.75, 3.05) is 6.54 Å². The summed E-state index contributed by atoms with van der Waals surface area (Å²) >= 11 is 0. The molecular formula is C13H18N2O4. The highest BCUT2D eigenvalue weighted by Gasteiger charge is 2.16. The van der Waals surface area contributed by atoms with E-state index in [1.807, 2.05) is 6.92 Å². The molecule has 6 heteroatoms. The lowest BCUT2D eigenvalue weighted by atomic mass is 10.2. The zero-order valence-corrected chi connectivity index (χ0v) is 11.3. The molecule has 1 aromatic carbocycles. The molecule has 0 unspecified atom stereocenters. The largest absolute Gasteiger partial charge is 0.481 e. The van der Waals surface area contributed by atoms with Gasteiger partial charge in [0.25, 0.3) is 11.6 Å². The summed E-state index contributed by atoms with van der Waals surface area (Å²) in [5.74, 6) is 0.250. The summed E-state index contributed by atoms with van der Waals surface area (Å²) in [5, 5.41) is 13.4.